The van der Waals surface area contributed by atoms with Crippen molar-refractivity contribution in [2.45, 2.75) is 44.0 Å². The highest BCUT2D eigenvalue weighted by atomic mass is 16.5. The van der Waals surface area contributed by atoms with E-state index in [1.807, 2.05) is 66.7 Å². The maximum Gasteiger partial charge on any atom is 0.247 e. The average molecular weight is 569 g/mol. The molecule has 2 amide bonds. The van der Waals surface area contributed by atoms with Gasteiger partial charge in [0.1, 0.15) is 11.6 Å². The number of ether oxygens (including phenoxy) is 1. The van der Waals surface area contributed by atoms with E-state index >= 15 is 0 Å². The van der Waals surface area contributed by atoms with Crippen LogP contribution in [0.25, 0.3) is 5.70 Å². The summed E-state index contributed by atoms with van der Waals surface area (Å²) >= 11 is 0. The summed E-state index contributed by atoms with van der Waals surface area (Å²) in [5.74, 6) is -0.919. The van der Waals surface area contributed by atoms with Gasteiger partial charge in [0.2, 0.25) is 11.8 Å². The van der Waals surface area contributed by atoms with E-state index in [9.17, 15) is 14.4 Å². The molecule has 1 fully saturated rings. The van der Waals surface area contributed by atoms with Crippen LogP contribution in [0.4, 0.5) is 0 Å². The Hall–Kier alpha value is -4.41. The summed E-state index contributed by atoms with van der Waals surface area (Å²) in [4.78, 5) is 53.5. The van der Waals surface area contributed by atoms with E-state index in [2.05, 4.69) is 20.2 Å². The molecule has 42 heavy (non-hydrogen) atoms. The van der Waals surface area contributed by atoms with Crippen LogP contribution in [0.5, 0.6) is 0 Å². The lowest BCUT2D eigenvalue weighted by Gasteiger charge is -2.48. The predicted molar refractivity (Wildman–Crippen MR) is 157 cm³/mol. The number of fused-ring (bicyclic) bond motifs is 1. The molecule has 0 saturated carbocycles. The van der Waals surface area contributed by atoms with Gasteiger partial charge in [-0.3, -0.25) is 24.4 Å². The number of ketones is 1. The molecule has 1 saturated heterocycles. The van der Waals surface area contributed by atoms with E-state index in [4.69, 9.17) is 10.5 Å². The Balaban J connectivity index is 1.41. The molecule has 2 aliphatic rings. The Morgan fingerprint density at radius 2 is 1.74 bits per heavy atom. The Kier molecular flexibility index (Phi) is 8.46. The van der Waals surface area contributed by atoms with Gasteiger partial charge < -0.3 is 25.6 Å². The van der Waals surface area contributed by atoms with Gasteiger partial charge in [0.15, 0.2) is 5.78 Å². The molecule has 0 radical (unpaired) electrons. The number of nitrogens with zero attached hydrogens (tertiary/aromatic N) is 4. The third-order valence-corrected chi connectivity index (χ3v) is 7.60. The topological polar surface area (TPSA) is 131 Å². The maximum atomic E-state index is 14.1. The van der Waals surface area contributed by atoms with Crippen LogP contribution in [0.1, 0.15) is 30.8 Å². The molecule has 2 aliphatic heterocycles. The van der Waals surface area contributed by atoms with Gasteiger partial charge in [-0.1, -0.05) is 42.5 Å². The molecule has 0 aliphatic carbocycles. The van der Waals surface area contributed by atoms with Crippen molar-refractivity contribution in [1.82, 2.24) is 25.1 Å². The Bertz CT molecular complexity index is 1440. The lowest BCUT2D eigenvalue weighted by Crippen LogP contribution is -2.67. The van der Waals surface area contributed by atoms with Gasteiger partial charge in [0, 0.05) is 43.7 Å². The van der Waals surface area contributed by atoms with Gasteiger partial charge in [0.25, 0.3) is 0 Å². The number of carbonyl (C=O) groups excluding carboxylic acids is 3. The summed E-state index contributed by atoms with van der Waals surface area (Å²) in [7, 11) is 0. The first-order chi connectivity index (χ1) is 20.2. The SMILES string of the molecule is CC(C)(N)C(=O)NC(COCc1ccccc1)C(=O)N1CCN2C(c3ccccn3)=CC(=O)C2(Cc2ccccn2)C1. The van der Waals surface area contributed by atoms with Gasteiger partial charge in [-0.2, -0.15) is 0 Å². The van der Waals surface area contributed by atoms with Crippen LogP contribution in [0.15, 0.2) is 85.2 Å². The third kappa shape index (κ3) is 6.24. The fraction of sp³-hybridized carbons (Fsp3) is 0.344. The van der Waals surface area contributed by atoms with Crippen LogP contribution in [-0.2, 0) is 32.1 Å². The summed E-state index contributed by atoms with van der Waals surface area (Å²) in [5.41, 5.74) is 6.88. The van der Waals surface area contributed by atoms with E-state index < -0.39 is 23.0 Å². The summed E-state index contributed by atoms with van der Waals surface area (Å²) in [6.07, 6.45) is 5.32. The van der Waals surface area contributed by atoms with E-state index in [0.717, 1.165) is 17.0 Å². The van der Waals surface area contributed by atoms with Crippen LogP contribution < -0.4 is 11.1 Å². The first-order valence-electron chi connectivity index (χ1n) is 14.0. The van der Waals surface area contributed by atoms with Crippen LogP contribution in [0.2, 0.25) is 0 Å². The zero-order valence-electron chi connectivity index (χ0n) is 23.9. The lowest BCUT2D eigenvalue weighted by molar-refractivity contribution is -0.144. The second-order valence-electron chi connectivity index (χ2n) is 11.3. The second kappa shape index (κ2) is 12.2. The van der Waals surface area contributed by atoms with Gasteiger partial charge >= 0.3 is 0 Å². The van der Waals surface area contributed by atoms with E-state index in [0.29, 0.717) is 25.2 Å². The number of rotatable bonds is 10. The highest BCUT2D eigenvalue weighted by molar-refractivity contribution is 6.08. The van der Waals surface area contributed by atoms with Crippen LogP contribution in [-0.4, -0.2) is 80.7 Å². The zero-order valence-corrected chi connectivity index (χ0v) is 23.9. The smallest absolute Gasteiger partial charge is 0.247 e. The summed E-state index contributed by atoms with van der Waals surface area (Å²) in [5, 5.41) is 2.79. The molecule has 2 unspecified atom stereocenters. The summed E-state index contributed by atoms with van der Waals surface area (Å²) in [6.45, 7) is 4.26. The van der Waals surface area contributed by atoms with E-state index in [-0.39, 0.29) is 31.4 Å². The van der Waals surface area contributed by atoms with Crippen molar-refractivity contribution in [2.75, 3.05) is 26.2 Å². The zero-order chi connectivity index (χ0) is 29.7. The number of nitrogens with two attached hydrogens (primary N) is 1. The number of carbonyl (C=O) groups is 3. The molecule has 4 heterocycles. The number of hydrogen-bond donors (Lipinski definition) is 2. The molecule has 2 aromatic heterocycles. The minimum atomic E-state index is -1.19. The number of piperazine rings is 1. The Labute approximate surface area is 245 Å². The Morgan fingerprint density at radius 1 is 1.02 bits per heavy atom. The normalized spacial score (nSPS) is 19.2. The fourth-order valence-corrected chi connectivity index (χ4v) is 5.38. The maximum absolute atomic E-state index is 14.1. The van der Waals surface area contributed by atoms with Crippen molar-refractivity contribution in [3.05, 3.63) is 102 Å². The van der Waals surface area contributed by atoms with Crippen molar-refractivity contribution in [2.24, 2.45) is 5.73 Å². The molecule has 10 heteroatoms. The fourth-order valence-electron chi connectivity index (χ4n) is 5.38. The molecule has 2 atom stereocenters. The minimum absolute atomic E-state index is 0.0472. The number of nitrogens with one attached hydrogen (secondary N) is 1. The quantitative estimate of drug-likeness (QED) is 0.380. The number of aromatic nitrogens is 2. The van der Waals surface area contributed by atoms with Crippen molar-refractivity contribution in [3.8, 4) is 0 Å². The van der Waals surface area contributed by atoms with Gasteiger partial charge in [-0.05, 0) is 43.7 Å². The van der Waals surface area contributed by atoms with Crippen LogP contribution in [0.3, 0.4) is 0 Å². The predicted octanol–water partition coefficient (Wildman–Crippen LogP) is 1.96. The van der Waals surface area contributed by atoms with Gasteiger partial charge in [-0.25, -0.2) is 0 Å². The molecule has 5 rings (SSSR count). The number of benzene rings is 1. The molecule has 3 N–H and O–H groups in total. The molecule has 218 valence electrons. The molecular formula is C32H36N6O4. The highest BCUT2D eigenvalue weighted by Crippen LogP contribution is 2.39. The Morgan fingerprint density at radius 3 is 2.40 bits per heavy atom. The molecule has 0 spiro atoms. The van der Waals surface area contributed by atoms with Crippen LogP contribution >= 0.6 is 0 Å². The standard InChI is InChI=1S/C32H36N6O4/c1-31(2,33)30(41)36-26(21-42-20-23-10-4-3-5-11-23)29(40)37-16-17-38-27(25-13-7-9-15-35-25)18-28(39)32(38,22-37)19-24-12-6-8-14-34-24/h3-15,18,26H,16-17,19-22,33H2,1-2H3,(H,36,41). The number of amides is 2. The van der Waals surface area contributed by atoms with Crippen molar-refractivity contribution in [3.63, 3.8) is 0 Å². The molecule has 1 aromatic carbocycles. The average Bonchev–Trinajstić information content (AvgIpc) is 3.28. The second-order valence-corrected chi connectivity index (χ2v) is 11.3. The first-order valence-corrected chi connectivity index (χ1v) is 14.0. The first kappa shape index (κ1) is 29.1. The number of hydrogen-bond acceptors (Lipinski definition) is 8. The van der Waals surface area contributed by atoms with Crippen LogP contribution in [0, 0.1) is 0 Å². The van der Waals surface area contributed by atoms with Crippen molar-refractivity contribution < 1.29 is 19.1 Å². The summed E-state index contributed by atoms with van der Waals surface area (Å²) < 4.78 is 5.90. The highest BCUT2D eigenvalue weighted by Gasteiger charge is 2.53. The molecular weight excluding hydrogens is 532 g/mol. The monoisotopic (exact) mass is 568 g/mol. The lowest BCUT2D eigenvalue weighted by atomic mass is 9.86. The number of pyridine rings is 2. The van der Waals surface area contributed by atoms with E-state index in [1.54, 1.807) is 37.2 Å². The molecule has 3 aromatic rings. The minimum Gasteiger partial charge on any atom is -0.374 e. The van der Waals surface area contributed by atoms with Crippen molar-refractivity contribution in [1.29, 1.82) is 0 Å². The molecule has 10 nitrogen and oxygen atoms in total. The van der Waals surface area contributed by atoms with Gasteiger partial charge in [-0.15, -0.1) is 0 Å². The van der Waals surface area contributed by atoms with Crippen molar-refractivity contribution >= 4 is 23.3 Å². The van der Waals surface area contributed by atoms with Gasteiger partial charge in [0.05, 0.1) is 36.7 Å². The van der Waals surface area contributed by atoms with E-state index in [1.165, 1.54) is 0 Å². The largest absolute Gasteiger partial charge is 0.374 e. The third-order valence-electron chi connectivity index (χ3n) is 7.60. The summed E-state index contributed by atoms with van der Waals surface area (Å²) in [6, 6.07) is 19.8. The molecule has 0 bridgehead atoms.